The van der Waals surface area contributed by atoms with Crippen LogP contribution in [0.1, 0.15) is 55.6 Å². The minimum atomic E-state index is 0.222. The van der Waals surface area contributed by atoms with Crippen molar-refractivity contribution in [2.75, 3.05) is 20.1 Å². The second-order valence-corrected chi connectivity index (χ2v) is 9.34. The van der Waals surface area contributed by atoms with Crippen LogP contribution in [-0.4, -0.2) is 50.1 Å². The van der Waals surface area contributed by atoms with Crippen molar-refractivity contribution >= 4 is 0 Å². The third-order valence-corrected chi connectivity index (χ3v) is 7.30. The van der Waals surface area contributed by atoms with E-state index in [-0.39, 0.29) is 5.56 Å². The first-order valence-corrected chi connectivity index (χ1v) is 11.3. The molecule has 0 radical (unpaired) electrons. The van der Waals surface area contributed by atoms with Crippen molar-refractivity contribution in [3.8, 4) is 0 Å². The van der Waals surface area contributed by atoms with E-state index in [0.717, 1.165) is 43.6 Å². The molecule has 1 saturated heterocycles. The number of imidazole rings is 1. The molecule has 5 rings (SSSR count). The fraction of sp³-hybridized carbons (Fsp3) is 0.652. The third-order valence-electron chi connectivity index (χ3n) is 7.30. The molecule has 2 atom stereocenters. The van der Waals surface area contributed by atoms with Crippen molar-refractivity contribution in [2.45, 2.75) is 70.7 Å². The average molecular weight is 396 g/mol. The predicted octanol–water partition coefficient (Wildman–Crippen LogP) is 2.67. The average Bonchev–Trinajstić information content (AvgIpc) is 3.10. The van der Waals surface area contributed by atoms with Crippen molar-refractivity contribution in [2.24, 2.45) is 5.92 Å². The van der Waals surface area contributed by atoms with Gasteiger partial charge in [0.15, 0.2) is 0 Å². The van der Waals surface area contributed by atoms with Crippen LogP contribution in [0.5, 0.6) is 0 Å². The second-order valence-electron chi connectivity index (χ2n) is 9.34. The van der Waals surface area contributed by atoms with Gasteiger partial charge in [0.2, 0.25) is 0 Å². The summed E-state index contributed by atoms with van der Waals surface area (Å²) < 4.78 is 4.26. The van der Waals surface area contributed by atoms with Gasteiger partial charge in [-0.1, -0.05) is 12.5 Å². The lowest BCUT2D eigenvalue weighted by atomic mass is 9.80. The minimum Gasteiger partial charge on any atom is -0.334 e. The molecule has 0 N–H and O–H groups in total. The molecule has 2 fully saturated rings. The molecule has 1 saturated carbocycles. The van der Waals surface area contributed by atoms with E-state index in [1.54, 1.807) is 0 Å². The van der Waals surface area contributed by atoms with Crippen LogP contribution in [0.2, 0.25) is 0 Å². The highest BCUT2D eigenvalue weighted by atomic mass is 16.1. The molecule has 6 nitrogen and oxygen atoms in total. The van der Waals surface area contributed by atoms with Crippen LogP contribution < -0.4 is 5.56 Å². The summed E-state index contributed by atoms with van der Waals surface area (Å²) in [4.78, 5) is 22.7. The highest BCUT2D eigenvalue weighted by molar-refractivity contribution is 5.22. The van der Waals surface area contributed by atoms with Gasteiger partial charge in [-0.05, 0) is 45.2 Å². The standard InChI is InChI=1S/C23H33N5O/c1-3-26-10-9-24-22(26)16-25(2)14-18-7-8-21-19-11-17(13-28(21)23(18)29)12-27(15-19)20-5-4-6-20/h7-10,17,19-20H,3-6,11-16H2,1-2H3/t17-,19+/m0/s1. The van der Waals surface area contributed by atoms with E-state index in [1.165, 1.54) is 37.9 Å². The highest BCUT2D eigenvalue weighted by Gasteiger charge is 2.38. The Hall–Kier alpha value is -1.92. The molecule has 2 aromatic rings. The second kappa shape index (κ2) is 7.73. The van der Waals surface area contributed by atoms with Crippen molar-refractivity contribution < 1.29 is 0 Å². The molecule has 2 aliphatic heterocycles. The lowest BCUT2D eigenvalue weighted by molar-refractivity contribution is 0.0475. The molecule has 0 aromatic carbocycles. The van der Waals surface area contributed by atoms with Gasteiger partial charge >= 0.3 is 0 Å². The minimum absolute atomic E-state index is 0.222. The summed E-state index contributed by atoms with van der Waals surface area (Å²) in [6.07, 6.45) is 9.25. The number of likely N-dealkylation sites (tertiary alicyclic amines) is 1. The number of fused-ring (bicyclic) bond motifs is 4. The topological polar surface area (TPSA) is 46.3 Å². The molecule has 1 aliphatic carbocycles. The molecule has 4 heterocycles. The Morgan fingerprint density at radius 1 is 1.17 bits per heavy atom. The monoisotopic (exact) mass is 395 g/mol. The first-order valence-electron chi connectivity index (χ1n) is 11.3. The van der Waals surface area contributed by atoms with Gasteiger partial charge in [0.1, 0.15) is 5.82 Å². The van der Waals surface area contributed by atoms with Gasteiger partial charge < -0.3 is 9.13 Å². The maximum Gasteiger partial charge on any atom is 0.255 e. The van der Waals surface area contributed by atoms with Crippen molar-refractivity contribution in [1.29, 1.82) is 0 Å². The Bertz CT molecular complexity index is 928. The molecule has 29 heavy (non-hydrogen) atoms. The summed E-state index contributed by atoms with van der Waals surface area (Å²) in [6, 6.07) is 5.13. The summed E-state index contributed by atoms with van der Waals surface area (Å²) in [7, 11) is 2.07. The van der Waals surface area contributed by atoms with E-state index in [2.05, 4.69) is 50.0 Å². The normalized spacial score (nSPS) is 24.5. The Kier molecular flexibility index (Phi) is 5.08. The first-order chi connectivity index (χ1) is 14.1. The summed E-state index contributed by atoms with van der Waals surface area (Å²) in [5, 5.41) is 0. The largest absolute Gasteiger partial charge is 0.334 e. The molecule has 0 amide bonds. The smallest absolute Gasteiger partial charge is 0.255 e. The van der Waals surface area contributed by atoms with E-state index >= 15 is 0 Å². The summed E-state index contributed by atoms with van der Waals surface area (Å²) in [5.74, 6) is 2.21. The predicted molar refractivity (Wildman–Crippen MR) is 114 cm³/mol. The molecule has 6 heteroatoms. The summed E-state index contributed by atoms with van der Waals surface area (Å²) >= 11 is 0. The number of pyridine rings is 1. The van der Waals surface area contributed by atoms with Crippen molar-refractivity contribution in [1.82, 2.24) is 23.9 Å². The first kappa shape index (κ1) is 19.1. The molecule has 2 aromatic heterocycles. The summed E-state index contributed by atoms with van der Waals surface area (Å²) in [5.41, 5.74) is 2.39. The van der Waals surface area contributed by atoms with Gasteiger partial charge in [-0.25, -0.2) is 4.98 Å². The third kappa shape index (κ3) is 3.57. The molecule has 3 aliphatic rings. The molecule has 2 bridgehead atoms. The van der Waals surface area contributed by atoms with E-state index in [0.29, 0.717) is 18.4 Å². The number of hydrogen-bond donors (Lipinski definition) is 0. The zero-order valence-corrected chi connectivity index (χ0v) is 17.8. The Balaban J connectivity index is 1.32. The van der Waals surface area contributed by atoms with E-state index in [4.69, 9.17) is 0 Å². The van der Waals surface area contributed by atoms with E-state index in [1.807, 2.05) is 12.4 Å². The Morgan fingerprint density at radius 3 is 2.79 bits per heavy atom. The fourth-order valence-corrected chi connectivity index (χ4v) is 5.57. The number of rotatable bonds is 6. The maximum absolute atomic E-state index is 13.3. The van der Waals surface area contributed by atoms with E-state index < -0.39 is 0 Å². The van der Waals surface area contributed by atoms with Crippen LogP contribution in [0.15, 0.2) is 29.3 Å². The quantitative estimate of drug-likeness (QED) is 0.754. The lowest BCUT2D eigenvalue weighted by Gasteiger charge is -2.48. The number of nitrogens with zero attached hydrogens (tertiary/aromatic N) is 5. The van der Waals surface area contributed by atoms with Crippen LogP contribution in [0.3, 0.4) is 0 Å². The molecular weight excluding hydrogens is 362 g/mol. The molecular formula is C23H33N5O. The zero-order valence-electron chi connectivity index (χ0n) is 17.8. The van der Waals surface area contributed by atoms with Gasteiger partial charge in [0.25, 0.3) is 5.56 Å². The van der Waals surface area contributed by atoms with Crippen molar-refractivity contribution in [3.63, 3.8) is 0 Å². The Morgan fingerprint density at radius 2 is 2.03 bits per heavy atom. The van der Waals surface area contributed by atoms with Crippen LogP contribution in [0, 0.1) is 5.92 Å². The SMILES string of the molecule is CCn1ccnc1CN(C)Cc1ccc2n(c1=O)C[C@H]1C[C@@H]2CN(C2CCC2)C1. The van der Waals surface area contributed by atoms with Gasteiger partial charge in [0.05, 0.1) is 6.54 Å². The number of piperidine rings is 1. The van der Waals surface area contributed by atoms with Crippen LogP contribution in [0.25, 0.3) is 0 Å². The Labute approximate surface area is 173 Å². The molecule has 0 spiro atoms. The number of aryl methyl sites for hydroxylation is 1. The van der Waals surface area contributed by atoms with Gasteiger partial charge in [-0.15, -0.1) is 0 Å². The number of hydrogen-bond acceptors (Lipinski definition) is 4. The highest BCUT2D eigenvalue weighted by Crippen LogP contribution is 2.38. The zero-order chi connectivity index (χ0) is 20.0. The maximum atomic E-state index is 13.3. The number of aromatic nitrogens is 3. The van der Waals surface area contributed by atoms with Crippen LogP contribution in [0.4, 0.5) is 0 Å². The van der Waals surface area contributed by atoms with Crippen LogP contribution in [-0.2, 0) is 26.2 Å². The molecule has 0 unspecified atom stereocenters. The fourth-order valence-electron chi connectivity index (χ4n) is 5.57. The van der Waals surface area contributed by atoms with Crippen molar-refractivity contribution in [3.05, 3.63) is 52.0 Å². The van der Waals surface area contributed by atoms with Crippen LogP contribution >= 0.6 is 0 Å². The van der Waals surface area contributed by atoms with Gasteiger partial charge in [-0.3, -0.25) is 14.6 Å². The van der Waals surface area contributed by atoms with E-state index in [9.17, 15) is 4.79 Å². The van der Waals surface area contributed by atoms with Gasteiger partial charge in [-0.2, -0.15) is 0 Å². The molecule has 156 valence electrons. The summed E-state index contributed by atoms with van der Waals surface area (Å²) in [6.45, 7) is 7.68. The van der Waals surface area contributed by atoms with Gasteiger partial charge in [0, 0.05) is 68.3 Å². The lowest BCUT2D eigenvalue weighted by Crippen LogP contribution is -2.52.